The molecule has 2 aromatic rings. The second-order valence-electron chi connectivity index (χ2n) is 5.20. The summed E-state index contributed by atoms with van der Waals surface area (Å²) in [4.78, 5) is 6.81. The number of hydrogen-bond acceptors (Lipinski definition) is 2. The summed E-state index contributed by atoms with van der Waals surface area (Å²) in [6.45, 7) is 3.87. The number of para-hydroxylation sites is 1. The van der Waals surface area contributed by atoms with Crippen molar-refractivity contribution >= 4 is 0 Å². The molecule has 0 aliphatic carbocycles. The number of fused-ring (bicyclic) bond motifs is 1. The fraction of sp³-hybridized carbons (Fsp3) is 0.357. The summed E-state index contributed by atoms with van der Waals surface area (Å²) >= 11 is 0. The van der Waals surface area contributed by atoms with Gasteiger partial charge in [0.25, 0.3) is 6.43 Å². The average Bonchev–Trinajstić information content (AvgIpc) is 2.88. The molecule has 1 aliphatic heterocycles. The van der Waals surface area contributed by atoms with E-state index < -0.39 is 12.0 Å². The molecule has 0 saturated carbocycles. The first-order chi connectivity index (χ1) is 8.99. The van der Waals surface area contributed by atoms with Crippen molar-refractivity contribution in [3.63, 3.8) is 0 Å². The molecule has 0 fully saturated rings. The number of rotatable bonds is 2. The predicted molar refractivity (Wildman–Crippen MR) is 66.5 cm³/mol. The van der Waals surface area contributed by atoms with Crippen LogP contribution >= 0.6 is 0 Å². The standard InChI is InChI=1S/C14H14F2N2O/c1-14(2)11(8-5-3-4-6-10(8)19-14)13-17-7-9(18-13)12(15)16/h3-7,11-12H,1-2H3,(H,17,18). The van der Waals surface area contributed by atoms with Crippen molar-refractivity contribution in [2.75, 3.05) is 0 Å². The minimum Gasteiger partial charge on any atom is -0.486 e. The number of nitrogens with one attached hydrogen (secondary N) is 1. The number of imidazole rings is 1. The van der Waals surface area contributed by atoms with Crippen molar-refractivity contribution in [3.05, 3.63) is 47.5 Å². The van der Waals surface area contributed by atoms with Gasteiger partial charge in [0.1, 0.15) is 22.9 Å². The lowest BCUT2D eigenvalue weighted by atomic mass is 9.86. The summed E-state index contributed by atoms with van der Waals surface area (Å²) in [6, 6.07) is 7.63. The minimum absolute atomic E-state index is 0.157. The van der Waals surface area contributed by atoms with Gasteiger partial charge >= 0.3 is 0 Å². The molecule has 1 aromatic heterocycles. The molecule has 0 amide bonds. The maximum atomic E-state index is 12.7. The summed E-state index contributed by atoms with van der Waals surface area (Å²) < 4.78 is 31.2. The van der Waals surface area contributed by atoms with Crippen LogP contribution in [0.1, 0.15) is 43.3 Å². The SMILES string of the molecule is CC1(C)Oc2ccccc2C1c1ncc(C(F)F)[nH]1. The fourth-order valence-electron chi connectivity index (χ4n) is 2.61. The van der Waals surface area contributed by atoms with Crippen LogP contribution in [-0.2, 0) is 0 Å². The van der Waals surface area contributed by atoms with Crippen molar-refractivity contribution in [2.24, 2.45) is 0 Å². The second kappa shape index (κ2) is 4.05. The van der Waals surface area contributed by atoms with Crippen LogP contribution in [0.2, 0.25) is 0 Å². The molecule has 0 bridgehead atoms. The van der Waals surface area contributed by atoms with Gasteiger partial charge in [0, 0.05) is 5.56 Å². The van der Waals surface area contributed by atoms with Crippen LogP contribution in [0.3, 0.4) is 0 Å². The summed E-state index contributed by atoms with van der Waals surface area (Å²) in [5, 5.41) is 0. The van der Waals surface area contributed by atoms with Gasteiger partial charge in [-0.15, -0.1) is 0 Å². The van der Waals surface area contributed by atoms with Gasteiger partial charge in [0.05, 0.1) is 12.1 Å². The van der Waals surface area contributed by atoms with E-state index in [2.05, 4.69) is 9.97 Å². The van der Waals surface area contributed by atoms with Crippen molar-refractivity contribution < 1.29 is 13.5 Å². The molecule has 1 N–H and O–H groups in total. The van der Waals surface area contributed by atoms with Crippen molar-refractivity contribution in [1.82, 2.24) is 9.97 Å². The molecule has 3 nitrogen and oxygen atoms in total. The quantitative estimate of drug-likeness (QED) is 0.899. The number of nitrogens with zero attached hydrogens (tertiary/aromatic N) is 1. The Labute approximate surface area is 109 Å². The zero-order valence-electron chi connectivity index (χ0n) is 10.7. The van der Waals surface area contributed by atoms with Crippen molar-refractivity contribution in [1.29, 1.82) is 0 Å². The van der Waals surface area contributed by atoms with Crippen molar-refractivity contribution in [2.45, 2.75) is 31.8 Å². The Hall–Kier alpha value is -1.91. The molecule has 0 saturated heterocycles. The summed E-state index contributed by atoms with van der Waals surface area (Å²) in [5.41, 5.74) is 0.304. The highest BCUT2D eigenvalue weighted by Gasteiger charge is 2.43. The van der Waals surface area contributed by atoms with Gasteiger partial charge in [-0.3, -0.25) is 0 Å². The molecular weight excluding hydrogens is 250 g/mol. The summed E-state index contributed by atoms with van der Waals surface area (Å²) in [7, 11) is 0. The third kappa shape index (κ3) is 1.89. The smallest absolute Gasteiger partial charge is 0.279 e. The maximum Gasteiger partial charge on any atom is 0.279 e. The first-order valence-corrected chi connectivity index (χ1v) is 6.10. The molecule has 1 aliphatic rings. The molecule has 3 rings (SSSR count). The van der Waals surface area contributed by atoms with Crippen molar-refractivity contribution in [3.8, 4) is 5.75 Å². The molecule has 2 heterocycles. The van der Waals surface area contributed by atoms with Gasteiger partial charge in [-0.2, -0.15) is 0 Å². The van der Waals surface area contributed by atoms with Gasteiger partial charge in [-0.25, -0.2) is 13.8 Å². The molecule has 0 radical (unpaired) electrons. The molecule has 1 unspecified atom stereocenters. The molecular formula is C14H14F2N2O. The van der Waals surface area contributed by atoms with E-state index in [0.29, 0.717) is 5.82 Å². The van der Waals surface area contributed by atoms with Crippen LogP contribution in [0.5, 0.6) is 5.75 Å². The molecule has 100 valence electrons. The highest BCUT2D eigenvalue weighted by molar-refractivity contribution is 5.46. The highest BCUT2D eigenvalue weighted by atomic mass is 19.3. The van der Waals surface area contributed by atoms with Crippen LogP contribution in [0.4, 0.5) is 8.78 Å². The topological polar surface area (TPSA) is 37.9 Å². The lowest BCUT2D eigenvalue weighted by molar-refractivity contribution is 0.119. The Balaban J connectivity index is 2.07. The molecule has 0 spiro atoms. The van der Waals surface area contributed by atoms with Gasteiger partial charge in [-0.05, 0) is 19.9 Å². The lowest BCUT2D eigenvalue weighted by Gasteiger charge is -2.24. The van der Waals surface area contributed by atoms with E-state index in [9.17, 15) is 8.78 Å². The Bertz CT molecular complexity index is 607. The van der Waals surface area contributed by atoms with Gasteiger partial charge in [-0.1, -0.05) is 18.2 Å². The number of aromatic nitrogens is 2. The van der Waals surface area contributed by atoms with Gasteiger partial charge in [0.2, 0.25) is 0 Å². The van der Waals surface area contributed by atoms with E-state index in [0.717, 1.165) is 11.3 Å². The van der Waals surface area contributed by atoms with E-state index in [1.54, 1.807) is 0 Å². The van der Waals surface area contributed by atoms with E-state index in [1.807, 2.05) is 38.1 Å². The zero-order chi connectivity index (χ0) is 13.6. The maximum absolute atomic E-state index is 12.7. The minimum atomic E-state index is -2.54. The second-order valence-corrected chi connectivity index (χ2v) is 5.20. The number of H-pyrrole nitrogens is 1. The van der Waals surface area contributed by atoms with Crippen LogP contribution in [0.25, 0.3) is 0 Å². The third-order valence-corrected chi connectivity index (χ3v) is 3.42. The predicted octanol–water partition coefficient (Wildman–Crippen LogP) is 3.65. The molecule has 1 atom stereocenters. The van der Waals surface area contributed by atoms with Gasteiger partial charge in [0.15, 0.2) is 0 Å². The normalized spacial score (nSPS) is 20.4. The number of alkyl halides is 2. The molecule has 19 heavy (non-hydrogen) atoms. The summed E-state index contributed by atoms with van der Waals surface area (Å²) in [6.07, 6.45) is -1.35. The average molecular weight is 264 g/mol. The zero-order valence-corrected chi connectivity index (χ0v) is 10.7. The largest absolute Gasteiger partial charge is 0.486 e. The van der Waals surface area contributed by atoms with E-state index in [-0.39, 0.29) is 11.6 Å². The van der Waals surface area contributed by atoms with Crippen LogP contribution in [-0.4, -0.2) is 15.6 Å². The Kier molecular flexibility index (Phi) is 2.59. The lowest BCUT2D eigenvalue weighted by Crippen LogP contribution is -2.31. The van der Waals surface area contributed by atoms with Crippen LogP contribution in [0, 0.1) is 0 Å². The molecule has 1 aromatic carbocycles. The number of aromatic amines is 1. The fourth-order valence-corrected chi connectivity index (χ4v) is 2.61. The first-order valence-electron chi connectivity index (χ1n) is 6.10. The first kappa shape index (κ1) is 12.1. The van der Waals surface area contributed by atoms with Crippen LogP contribution in [0.15, 0.2) is 30.5 Å². The highest BCUT2D eigenvalue weighted by Crippen LogP contribution is 2.47. The van der Waals surface area contributed by atoms with E-state index in [1.165, 1.54) is 6.20 Å². The Morgan fingerprint density at radius 2 is 2.05 bits per heavy atom. The number of hydrogen-bond donors (Lipinski definition) is 1. The Morgan fingerprint density at radius 1 is 1.32 bits per heavy atom. The van der Waals surface area contributed by atoms with Gasteiger partial charge < -0.3 is 9.72 Å². The number of halogens is 2. The van der Waals surface area contributed by atoms with Crippen LogP contribution < -0.4 is 4.74 Å². The monoisotopic (exact) mass is 264 g/mol. The number of ether oxygens (including phenoxy) is 1. The molecule has 5 heteroatoms. The van der Waals surface area contributed by atoms with E-state index in [4.69, 9.17) is 4.74 Å². The summed E-state index contributed by atoms with van der Waals surface area (Å²) in [5.74, 6) is 1.13. The third-order valence-electron chi connectivity index (χ3n) is 3.42. The number of benzene rings is 1. The van der Waals surface area contributed by atoms with E-state index >= 15 is 0 Å². The Morgan fingerprint density at radius 3 is 2.74 bits per heavy atom.